The predicted molar refractivity (Wildman–Crippen MR) is 68.0 cm³/mol. The summed E-state index contributed by atoms with van der Waals surface area (Å²) >= 11 is 0. The lowest BCUT2D eigenvalue weighted by Gasteiger charge is -2.34. The summed E-state index contributed by atoms with van der Waals surface area (Å²) < 4.78 is 17.4. The second-order valence-electron chi connectivity index (χ2n) is 4.74. The molecule has 0 aromatic heterocycles. The molecule has 0 unspecified atom stereocenters. The quantitative estimate of drug-likeness (QED) is 0.676. The molecule has 0 heterocycles. The summed E-state index contributed by atoms with van der Waals surface area (Å²) in [7, 11) is 1.11. The molecule has 0 spiro atoms. The van der Waals surface area contributed by atoms with Gasteiger partial charge in [-0.2, -0.15) is 0 Å². The third-order valence-corrected chi connectivity index (χ3v) is 3.31. The SMILES string of the molecule is COC(=O)[C@]1(O)C=C(c2ccc(F)cc2)[C@@H](O)[C@H](O)C1. The first-order chi connectivity index (χ1) is 9.37. The maximum absolute atomic E-state index is 12.9. The van der Waals surface area contributed by atoms with Crippen LogP contribution in [-0.4, -0.2) is 46.2 Å². The van der Waals surface area contributed by atoms with Crippen LogP contribution in [0, 0.1) is 5.82 Å². The molecule has 3 N–H and O–H groups in total. The molecule has 0 fully saturated rings. The highest BCUT2D eigenvalue weighted by molar-refractivity contribution is 5.87. The molecule has 5 nitrogen and oxygen atoms in total. The maximum atomic E-state index is 12.9. The minimum Gasteiger partial charge on any atom is -0.467 e. The van der Waals surface area contributed by atoms with E-state index in [1.807, 2.05) is 0 Å². The van der Waals surface area contributed by atoms with E-state index >= 15 is 0 Å². The minimum atomic E-state index is -2.02. The van der Waals surface area contributed by atoms with Crippen LogP contribution in [0.1, 0.15) is 12.0 Å². The highest BCUT2D eigenvalue weighted by Gasteiger charge is 2.44. The average molecular weight is 282 g/mol. The van der Waals surface area contributed by atoms with Gasteiger partial charge in [0.25, 0.3) is 0 Å². The van der Waals surface area contributed by atoms with Crippen molar-refractivity contribution >= 4 is 11.5 Å². The monoisotopic (exact) mass is 282 g/mol. The Morgan fingerprint density at radius 3 is 2.50 bits per heavy atom. The van der Waals surface area contributed by atoms with Crippen molar-refractivity contribution in [3.63, 3.8) is 0 Å². The van der Waals surface area contributed by atoms with Crippen LogP contribution in [0.15, 0.2) is 30.3 Å². The van der Waals surface area contributed by atoms with E-state index in [0.717, 1.165) is 13.2 Å². The molecule has 20 heavy (non-hydrogen) atoms. The van der Waals surface area contributed by atoms with Crippen molar-refractivity contribution in [2.24, 2.45) is 0 Å². The Morgan fingerprint density at radius 1 is 1.35 bits per heavy atom. The van der Waals surface area contributed by atoms with Gasteiger partial charge in [0, 0.05) is 6.42 Å². The Bertz CT molecular complexity index is 539. The number of methoxy groups -OCH3 is 1. The van der Waals surface area contributed by atoms with Crippen LogP contribution in [0.5, 0.6) is 0 Å². The molecule has 1 aliphatic carbocycles. The second kappa shape index (κ2) is 5.32. The number of carbonyl (C=O) groups excluding carboxylic acids is 1. The molecule has 0 saturated heterocycles. The summed E-state index contributed by atoms with van der Waals surface area (Å²) in [4.78, 5) is 11.6. The van der Waals surface area contributed by atoms with Crippen molar-refractivity contribution < 1.29 is 29.2 Å². The fourth-order valence-corrected chi connectivity index (χ4v) is 2.25. The van der Waals surface area contributed by atoms with Gasteiger partial charge in [-0.15, -0.1) is 0 Å². The number of halogens is 1. The van der Waals surface area contributed by atoms with Crippen LogP contribution >= 0.6 is 0 Å². The third-order valence-electron chi connectivity index (χ3n) is 3.31. The maximum Gasteiger partial charge on any atom is 0.342 e. The molecule has 1 aliphatic rings. The topological polar surface area (TPSA) is 87.0 Å². The summed E-state index contributed by atoms with van der Waals surface area (Å²) in [5.74, 6) is -1.38. The van der Waals surface area contributed by atoms with Gasteiger partial charge >= 0.3 is 5.97 Å². The number of carbonyl (C=O) groups is 1. The van der Waals surface area contributed by atoms with E-state index in [0.29, 0.717) is 5.56 Å². The second-order valence-corrected chi connectivity index (χ2v) is 4.74. The van der Waals surface area contributed by atoms with Crippen molar-refractivity contribution in [3.8, 4) is 0 Å². The van der Waals surface area contributed by atoms with Crippen molar-refractivity contribution in [1.82, 2.24) is 0 Å². The van der Waals surface area contributed by atoms with Crippen LogP contribution in [0.4, 0.5) is 4.39 Å². The number of aliphatic hydroxyl groups excluding tert-OH is 2. The lowest BCUT2D eigenvalue weighted by atomic mass is 9.80. The van der Waals surface area contributed by atoms with Crippen LogP contribution in [0.2, 0.25) is 0 Å². The van der Waals surface area contributed by atoms with Gasteiger partial charge < -0.3 is 20.1 Å². The number of ether oxygens (including phenoxy) is 1. The Kier molecular flexibility index (Phi) is 3.89. The van der Waals surface area contributed by atoms with E-state index in [4.69, 9.17) is 0 Å². The number of rotatable bonds is 2. The van der Waals surface area contributed by atoms with Crippen molar-refractivity contribution in [2.45, 2.75) is 24.2 Å². The molecule has 0 saturated carbocycles. The number of esters is 1. The van der Waals surface area contributed by atoms with E-state index < -0.39 is 29.6 Å². The van der Waals surface area contributed by atoms with Gasteiger partial charge in [0.15, 0.2) is 5.60 Å². The third kappa shape index (κ3) is 2.58. The van der Waals surface area contributed by atoms with Crippen LogP contribution in [0.3, 0.4) is 0 Å². The summed E-state index contributed by atoms with van der Waals surface area (Å²) in [6.07, 6.45) is -1.83. The summed E-state index contributed by atoms with van der Waals surface area (Å²) in [6, 6.07) is 5.14. The standard InChI is InChI=1S/C14H15FO5/c1-20-13(18)14(19)6-10(12(17)11(16)7-14)8-2-4-9(15)5-3-8/h2-6,11-12,16-17,19H,7H2,1H3/t11-,12-,14+/m1/s1. The van der Waals surface area contributed by atoms with Gasteiger partial charge in [0.1, 0.15) is 11.9 Å². The molecular weight excluding hydrogens is 267 g/mol. The highest BCUT2D eigenvalue weighted by Crippen LogP contribution is 2.34. The first-order valence-electron chi connectivity index (χ1n) is 6.03. The van der Waals surface area contributed by atoms with Crippen molar-refractivity contribution in [1.29, 1.82) is 0 Å². The average Bonchev–Trinajstić information content (AvgIpc) is 2.43. The Balaban J connectivity index is 2.47. The largest absolute Gasteiger partial charge is 0.467 e. The number of benzene rings is 1. The molecular formula is C14H15FO5. The molecule has 108 valence electrons. The Labute approximate surface area is 114 Å². The van der Waals surface area contributed by atoms with E-state index in [1.165, 1.54) is 24.3 Å². The zero-order chi connectivity index (χ0) is 14.9. The first-order valence-corrected chi connectivity index (χ1v) is 6.03. The van der Waals surface area contributed by atoms with Gasteiger partial charge in [-0.1, -0.05) is 12.1 Å². The smallest absolute Gasteiger partial charge is 0.342 e. The first kappa shape index (κ1) is 14.6. The number of hydrogen-bond donors (Lipinski definition) is 3. The molecule has 3 atom stereocenters. The van der Waals surface area contributed by atoms with Crippen LogP contribution in [0.25, 0.3) is 5.57 Å². The van der Waals surface area contributed by atoms with E-state index in [-0.39, 0.29) is 12.0 Å². The minimum absolute atomic E-state index is 0.150. The molecule has 1 aromatic rings. The van der Waals surface area contributed by atoms with E-state index in [2.05, 4.69) is 4.74 Å². The summed E-state index contributed by atoms with van der Waals surface area (Å²) in [6.45, 7) is 0. The molecule has 0 aliphatic heterocycles. The zero-order valence-corrected chi connectivity index (χ0v) is 10.8. The molecule has 6 heteroatoms. The molecule has 1 aromatic carbocycles. The van der Waals surface area contributed by atoms with E-state index in [1.54, 1.807) is 0 Å². The Morgan fingerprint density at radius 2 is 1.95 bits per heavy atom. The highest BCUT2D eigenvalue weighted by atomic mass is 19.1. The van der Waals surface area contributed by atoms with Crippen molar-refractivity contribution in [2.75, 3.05) is 7.11 Å². The fraction of sp³-hybridized carbons (Fsp3) is 0.357. The van der Waals surface area contributed by atoms with Gasteiger partial charge in [-0.3, -0.25) is 0 Å². The fourth-order valence-electron chi connectivity index (χ4n) is 2.25. The van der Waals surface area contributed by atoms with Crippen molar-refractivity contribution in [3.05, 3.63) is 41.7 Å². The van der Waals surface area contributed by atoms with Gasteiger partial charge in [0.05, 0.1) is 13.2 Å². The number of hydrogen-bond acceptors (Lipinski definition) is 5. The number of aliphatic hydroxyl groups is 3. The summed E-state index contributed by atoms with van der Waals surface area (Å²) in [5, 5.41) is 30.0. The Hall–Kier alpha value is -1.76. The van der Waals surface area contributed by atoms with Crippen LogP contribution in [-0.2, 0) is 9.53 Å². The van der Waals surface area contributed by atoms with Crippen LogP contribution < -0.4 is 0 Å². The summed E-state index contributed by atoms with van der Waals surface area (Å²) in [5.41, 5.74) is -1.46. The van der Waals surface area contributed by atoms with E-state index in [9.17, 15) is 24.5 Å². The lowest BCUT2D eigenvalue weighted by Crippen LogP contribution is -2.48. The molecule has 2 rings (SSSR count). The normalized spacial score (nSPS) is 29.8. The molecule has 0 amide bonds. The lowest BCUT2D eigenvalue weighted by molar-refractivity contribution is -0.161. The van der Waals surface area contributed by atoms with Gasteiger partial charge in [-0.05, 0) is 29.3 Å². The van der Waals surface area contributed by atoms with Gasteiger partial charge in [0.2, 0.25) is 0 Å². The molecule has 0 radical (unpaired) electrons. The zero-order valence-electron chi connectivity index (χ0n) is 10.8. The molecule has 0 bridgehead atoms. The predicted octanol–water partition coefficient (Wildman–Crippen LogP) is 0.239. The van der Waals surface area contributed by atoms with Gasteiger partial charge in [-0.25, -0.2) is 9.18 Å².